The SMILES string of the molecule is CCNC(c1ccc(Cl)o1)c1cc(Cl)cc2c1OCC2. The van der Waals surface area contributed by atoms with Crippen LogP contribution in [-0.4, -0.2) is 13.2 Å². The Bertz CT molecular complexity index is 624. The van der Waals surface area contributed by atoms with E-state index in [1.807, 2.05) is 25.1 Å². The molecule has 2 aromatic rings. The van der Waals surface area contributed by atoms with Crippen molar-refractivity contribution in [3.63, 3.8) is 0 Å². The molecule has 0 saturated carbocycles. The van der Waals surface area contributed by atoms with E-state index in [9.17, 15) is 0 Å². The average molecular weight is 312 g/mol. The fourth-order valence-electron chi connectivity index (χ4n) is 2.56. The first-order valence-electron chi connectivity index (χ1n) is 6.62. The van der Waals surface area contributed by atoms with Crippen molar-refractivity contribution >= 4 is 23.2 Å². The van der Waals surface area contributed by atoms with Gasteiger partial charge >= 0.3 is 0 Å². The van der Waals surface area contributed by atoms with Crippen LogP contribution >= 0.6 is 23.2 Å². The highest BCUT2D eigenvalue weighted by molar-refractivity contribution is 6.30. The number of nitrogens with one attached hydrogen (secondary N) is 1. The molecule has 0 radical (unpaired) electrons. The smallest absolute Gasteiger partial charge is 0.193 e. The van der Waals surface area contributed by atoms with E-state index in [1.54, 1.807) is 6.07 Å². The number of hydrogen-bond acceptors (Lipinski definition) is 3. The van der Waals surface area contributed by atoms with Crippen LogP contribution in [0.2, 0.25) is 10.2 Å². The standard InChI is InChI=1S/C15H15Cl2NO2/c1-2-18-14(12-3-4-13(17)20-12)11-8-10(16)7-9-5-6-19-15(9)11/h3-4,7-8,14,18H,2,5-6H2,1H3. The summed E-state index contributed by atoms with van der Waals surface area (Å²) in [4.78, 5) is 0. The molecule has 1 atom stereocenters. The van der Waals surface area contributed by atoms with Crippen LogP contribution in [0.5, 0.6) is 5.75 Å². The summed E-state index contributed by atoms with van der Waals surface area (Å²) in [5, 5.41) is 4.48. The first kappa shape index (κ1) is 13.8. The van der Waals surface area contributed by atoms with Gasteiger partial charge < -0.3 is 14.5 Å². The number of rotatable bonds is 4. The third-order valence-electron chi connectivity index (χ3n) is 3.37. The maximum absolute atomic E-state index is 6.23. The van der Waals surface area contributed by atoms with E-state index < -0.39 is 0 Å². The summed E-state index contributed by atoms with van der Waals surface area (Å²) in [6.07, 6.45) is 0.890. The van der Waals surface area contributed by atoms with Crippen LogP contribution in [-0.2, 0) is 6.42 Å². The summed E-state index contributed by atoms with van der Waals surface area (Å²) in [6, 6.07) is 7.39. The summed E-state index contributed by atoms with van der Waals surface area (Å²) < 4.78 is 11.3. The molecule has 1 aromatic carbocycles. The molecule has 3 rings (SSSR count). The van der Waals surface area contributed by atoms with E-state index in [0.29, 0.717) is 16.8 Å². The molecular formula is C15H15Cl2NO2. The predicted octanol–water partition coefficient (Wildman–Crippen LogP) is 4.22. The first-order valence-corrected chi connectivity index (χ1v) is 7.38. The Balaban J connectivity index is 2.08. The lowest BCUT2D eigenvalue weighted by Gasteiger charge is -2.19. The van der Waals surface area contributed by atoms with Gasteiger partial charge in [-0.3, -0.25) is 0 Å². The van der Waals surface area contributed by atoms with Gasteiger partial charge in [-0.05, 0) is 48.0 Å². The molecule has 1 aliphatic rings. The van der Waals surface area contributed by atoms with E-state index in [-0.39, 0.29) is 6.04 Å². The van der Waals surface area contributed by atoms with Gasteiger partial charge in [0.2, 0.25) is 0 Å². The molecule has 1 unspecified atom stereocenters. The Labute approximate surface area is 127 Å². The van der Waals surface area contributed by atoms with E-state index in [2.05, 4.69) is 5.32 Å². The Morgan fingerprint density at radius 3 is 2.85 bits per heavy atom. The Hall–Kier alpha value is -1.16. The fraction of sp³-hybridized carbons (Fsp3) is 0.333. The monoisotopic (exact) mass is 311 g/mol. The maximum atomic E-state index is 6.23. The van der Waals surface area contributed by atoms with Crippen molar-refractivity contribution in [1.29, 1.82) is 0 Å². The summed E-state index contributed by atoms with van der Waals surface area (Å²) in [7, 11) is 0. The van der Waals surface area contributed by atoms with Crippen LogP contribution in [0.1, 0.15) is 29.9 Å². The zero-order valence-electron chi connectivity index (χ0n) is 11.1. The van der Waals surface area contributed by atoms with Gasteiger partial charge in [-0.15, -0.1) is 0 Å². The molecule has 0 spiro atoms. The normalized spacial score (nSPS) is 14.9. The number of halogens is 2. The van der Waals surface area contributed by atoms with Crippen LogP contribution in [0.25, 0.3) is 0 Å². The molecule has 20 heavy (non-hydrogen) atoms. The highest BCUT2D eigenvalue weighted by Gasteiger charge is 2.26. The lowest BCUT2D eigenvalue weighted by Crippen LogP contribution is -2.22. The number of benzene rings is 1. The van der Waals surface area contributed by atoms with Crippen LogP contribution in [0.3, 0.4) is 0 Å². The fourth-order valence-corrected chi connectivity index (χ4v) is 2.97. The minimum Gasteiger partial charge on any atom is -0.493 e. The highest BCUT2D eigenvalue weighted by atomic mass is 35.5. The molecule has 0 fully saturated rings. The number of hydrogen-bond donors (Lipinski definition) is 1. The predicted molar refractivity (Wildman–Crippen MR) is 79.9 cm³/mol. The average Bonchev–Trinajstić information content (AvgIpc) is 3.03. The van der Waals surface area contributed by atoms with Gasteiger partial charge in [0, 0.05) is 17.0 Å². The summed E-state index contributed by atoms with van der Waals surface area (Å²) in [5.41, 5.74) is 2.14. The summed E-state index contributed by atoms with van der Waals surface area (Å²) in [6.45, 7) is 3.54. The number of furan rings is 1. The molecule has 106 valence electrons. The zero-order chi connectivity index (χ0) is 14.1. The Morgan fingerprint density at radius 2 is 2.15 bits per heavy atom. The van der Waals surface area contributed by atoms with Crippen molar-refractivity contribution in [2.24, 2.45) is 0 Å². The largest absolute Gasteiger partial charge is 0.493 e. The molecule has 1 aromatic heterocycles. The van der Waals surface area contributed by atoms with Crippen LogP contribution < -0.4 is 10.1 Å². The summed E-state index contributed by atoms with van der Waals surface area (Å²) in [5.74, 6) is 1.67. The van der Waals surface area contributed by atoms with Crippen LogP contribution in [0, 0.1) is 0 Å². The van der Waals surface area contributed by atoms with Gasteiger partial charge in [0.25, 0.3) is 0 Å². The lowest BCUT2D eigenvalue weighted by molar-refractivity contribution is 0.347. The van der Waals surface area contributed by atoms with Gasteiger partial charge in [-0.2, -0.15) is 0 Å². The zero-order valence-corrected chi connectivity index (χ0v) is 12.6. The molecule has 3 nitrogen and oxygen atoms in total. The quantitative estimate of drug-likeness (QED) is 0.918. The van der Waals surface area contributed by atoms with Crippen molar-refractivity contribution < 1.29 is 9.15 Å². The molecule has 0 aliphatic carbocycles. The van der Waals surface area contributed by atoms with E-state index in [1.165, 1.54) is 0 Å². The number of ether oxygens (including phenoxy) is 1. The van der Waals surface area contributed by atoms with Crippen molar-refractivity contribution in [3.05, 3.63) is 51.4 Å². The van der Waals surface area contributed by atoms with E-state index in [0.717, 1.165) is 35.6 Å². The topological polar surface area (TPSA) is 34.4 Å². The van der Waals surface area contributed by atoms with E-state index in [4.69, 9.17) is 32.4 Å². The molecule has 0 amide bonds. The second kappa shape index (κ2) is 5.68. The molecule has 0 bridgehead atoms. The third-order valence-corrected chi connectivity index (χ3v) is 3.80. The van der Waals surface area contributed by atoms with Crippen molar-refractivity contribution in [2.75, 3.05) is 13.2 Å². The minimum absolute atomic E-state index is 0.113. The lowest BCUT2D eigenvalue weighted by atomic mass is 10.00. The van der Waals surface area contributed by atoms with Gasteiger partial charge in [0.1, 0.15) is 11.5 Å². The highest BCUT2D eigenvalue weighted by Crippen LogP contribution is 2.39. The molecule has 1 N–H and O–H groups in total. The van der Waals surface area contributed by atoms with Gasteiger partial charge in [-0.1, -0.05) is 18.5 Å². The Morgan fingerprint density at radius 1 is 1.30 bits per heavy atom. The minimum atomic E-state index is -0.113. The van der Waals surface area contributed by atoms with Crippen molar-refractivity contribution in [2.45, 2.75) is 19.4 Å². The van der Waals surface area contributed by atoms with Gasteiger partial charge in [0.05, 0.1) is 12.6 Å². The molecule has 0 saturated heterocycles. The van der Waals surface area contributed by atoms with Crippen LogP contribution in [0.4, 0.5) is 0 Å². The maximum Gasteiger partial charge on any atom is 0.193 e. The van der Waals surface area contributed by atoms with E-state index >= 15 is 0 Å². The first-order chi connectivity index (χ1) is 9.69. The van der Waals surface area contributed by atoms with Crippen molar-refractivity contribution in [3.8, 4) is 5.75 Å². The van der Waals surface area contributed by atoms with Gasteiger partial charge in [0.15, 0.2) is 5.22 Å². The second-order valence-corrected chi connectivity index (χ2v) is 5.52. The molecule has 1 aliphatic heterocycles. The third kappa shape index (κ3) is 2.53. The van der Waals surface area contributed by atoms with Crippen molar-refractivity contribution in [1.82, 2.24) is 5.32 Å². The molecule has 2 heterocycles. The molecule has 5 heteroatoms. The van der Waals surface area contributed by atoms with Crippen LogP contribution in [0.15, 0.2) is 28.7 Å². The number of fused-ring (bicyclic) bond motifs is 1. The summed E-state index contributed by atoms with van der Waals surface area (Å²) >= 11 is 12.1. The molecular weight excluding hydrogens is 297 g/mol. The Kier molecular flexibility index (Phi) is 3.92. The second-order valence-electron chi connectivity index (χ2n) is 4.71. The van der Waals surface area contributed by atoms with Gasteiger partial charge in [-0.25, -0.2) is 0 Å².